The van der Waals surface area contributed by atoms with E-state index in [-0.39, 0.29) is 132 Å². The van der Waals surface area contributed by atoms with Gasteiger partial charge in [-0.25, -0.2) is 9.59 Å². The Kier molecular flexibility index (Phi) is 32.2. The van der Waals surface area contributed by atoms with Crippen LogP contribution in [0.15, 0.2) is 25.3 Å². The van der Waals surface area contributed by atoms with Gasteiger partial charge in [-0.3, -0.25) is 33.6 Å². The van der Waals surface area contributed by atoms with Crippen molar-refractivity contribution in [1.29, 1.82) is 0 Å². The van der Waals surface area contributed by atoms with Gasteiger partial charge in [-0.1, -0.05) is 27.0 Å². The number of rotatable bonds is 35. The Morgan fingerprint density at radius 3 is 1.00 bits per heavy atom. The van der Waals surface area contributed by atoms with Crippen molar-refractivity contribution in [2.75, 3.05) is 94.0 Å². The van der Waals surface area contributed by atoms with Crippen LogP contribution in [-0.2, 0) is 85.8 Å². The molecule has 0 spiro atoms. The van der Waals surface area contributed by atoms with E-state index in [2.05, 4.69) is 13.2 Å². The molecule has 0 rings (SSSR count). The van der Waals surface area contributed by atoms with E-state index in [1.165, 1.54) is 0 Å². The smallest absolute Gasteiger partial charge is 0.330 e. The summed E-state index contributed by atoms with van der Waals surface area (Å²) >= 11 is 3.36. The van der Waals surface area contributed by atoms with Crippen molar-refractivity contribution in [3.8, 4) is 0 Å². The molecule has 0 aliphatic heterocycles. The second-order valence-corrected chi connectivity index (χ2v) is 14.9. The molecule has 0 radical (unpaired) electrons. The predicted molar refractivity (Wildman–Crippen MR) is 212 cm³/mol. The van der Waals surface area contributed by atoms with Gasteiger partial charge in [0.25, 0.3) is 0 Å². The standard InChI is InChI=1S/C37H54O18S3/c1-5-9-30(40)49-17-18-52-33(43)12-21-58-24-36(46)55-27-37(8-4,25-53-34(44)22-56-19-10-31(41)50-15-13-47-28(38)6-2)26-54-35(45)23-57-20-11-32(42)51-16-14-48-29(39)7-3/h6-7H,2-3,5,8-27H2,1,4H3. The van der Waals surface area contributed by atoms with Crippen LogP contribution in [0.5, 0.6) is 0 Å². The molecule has 0 aliphatic rings. The minimum atomic E-state index is -1.12. The minimum absolute atomic E-state index is 0.00446. The molecule has 0 aliphatic carbocycles. The highest BCUT2D eigenvalue weighted by atomic mass is 32.2. The van der Waals surface area contributed by atoms with Gasteiger partial charge in [-0.05, 0) is 12.8 Å². The molecule has 0 atom stereocenters. The fourth-order valence-corrected chi connectivity index (χ4v) is 5.82. The Morgan fingerprint density at radius 1 is 0.431 bits per heavy atom. The molecule has 18 nitrogen and oxygen atoms in total. The monoisotopic (exact) mass is 882 g/mol. The average molecular weight is 883 g/mol. The maximum atomic E-state index is 12.6. The van der Waals surface area contributed by atoms with Crippen molar-refractivity contribution >= 4 is 89.0 Å². The lowest BCUT2D eigenvalue weighted by atomic mass is 9.88. The van der Waals surface area contributed by atoms with Crippen molar-refractivity contribution in [1.82, 2.24) is 0 Å². The maximum Gasteiger partial charge on any atom is 0.330 e. The number of carbonyl (C=O) groups excluding carboxylic acids is 9. The van der Waals surface area contributed by atoms with Crippen molar-refractivity contribution in [3.05, 3.63) is 25.3 Å². The van der Waals surface area contributed by atoms with E-state index in [0.717, 1.165) is 47.4 Å². The first-order valence-electron chi connectivity index (χ1n) is 18.2. The summed E-state index contributed by atoms with van der Waals surface area (Å²) in [6, 6.07) is 0. The molecule has 0 saturated carbocycles. The molecular formula is C37H54O18S3. The van der Waals surface area contributed by atoms with E-state index in [9.17, 15) is 43.2 Å². The van der Waals surface area contributed by atoms with Gasteiger partial charge >= 0.3 is 53.7 Å². The first-order chi connectivity index (χ1) is 27.8. The number of hydrogen-bond donors (Lipinski definition) is 0. The van der Waals surface area contributed by atoms with Gasteiger partial charge in [0, 0.05) is 35.8 Å². The third-order valence-corrected chi connectivity index (χ3v) is 9.76. The van der Waals surface area contributed by atoms with Crippen LogP contribution >= 0.6 is 35.3 Å². The van der Waals surface area contributed by atoms with Crippen LogP contribution in [0.3, 0.4) is 0 Å². The lowest BCUT2D eigenvalue weighted by molar-refractivity contribution is -0.159. The van der Waals surface area contributed by atoms with Gasteiger partial charge in [-0.2, -0.15) is 0 Å². The van der Waals surface area contributed by atoms with Crippen LogP contribution in [-0.4, -0.2) is 148 Å². The van der Waals surface area contributed by atoms with Crippen LogP contribution in [0.25, 0.3) is 0 Å². The SMILES string of the molecule is C=CC(=O)OCCOC(=O)CCSCC(=O)OCC(CC)(COC(=O)CSCCC(=O)OCCOC(=O)C=C)COC(=O)CSCCC(=O)OCCOC(=O)CCC. The Balaban J connectivity index is 4.93. The quantitative estimate of drug-likeness (QED) is 0.0385. The lowest BCUT2D eigenvalue weighted by Crippen LogP contribution is -2.39. The summed E-state index contributed by atoms with van der Waals surface area (Å²) < 4.78 is 45.7. The molecule has 0 N–H and O–H groups in total. The topological polar surface area (TPSA) is 237 Å². The molecule has 0 bridgehead atoms. The fourth-order valence-electron chi connectivity index (χ4n) is 3.71. The molecule has 0 aromatic rings. The highest BCUT2D eigenvalue weighted by molar-refractivity contribution is 8.00. The number of hydrogen-bond acceptors (Lipinski definition) is 21. The molecule has 21 heteroatoms. The number of esters is 9. The lowest BCUT2D eigenvalue weighted by Gasteiger charge is -2.31. The highest BCUT2D eigenvalue weighted by Crippen LogP contribution is 2.25. The molecule has 0 saturated heterocycles. The number of thioether (sulfide) groups is 3. The molecule has 0 aromatic carbocycles. The number of carbonyl (C=O) groups is 9. The Hall–Kier alpha value is -4.24. The third-order valence-electron chi connectivity index (χ3n) is 6.96. The molecule has 0 unspecified atom stereocenters. The van der Waals surface area contributed by atoms with Crippen LogP contribution in [0.2, 0.25) is 0 Å². The summed E-state index contributed by atoms with van der Waals surface area (Å²) in [5.74, 6) is -4.80. The van der Waals surface area contributed by atoms with Crippen LogP contribution < -0.4 is 0 Å². The van der Waals surface area contributed by atoms with Gasteiger partial charge in [-0.15, -0.1) is 35.3 Å². The summed E-state index contributed by atoms with van der Waals surface area (Å²) in [5.41, 5.74) is -1.12. The van der Waals surface area contributed by atoms with E-state index in [0.29, 0.717) is 6.42 Å². The third kappa shape index (κ3) is 30.8. The first-order valence-corrected chi connectivity index (χ1v) is 21.7. The summed E-state index contributed by atoms with van der Waals surface area (Å²) in [6.45, 7) is 8.65. The van der Waals surface area contributed by atoms with E-state index in [1.54, 1.807) is 6.92 Å². The highest BCUT2D eigenvalue weighted by Gasteiger charge is 2.34. The zero-order valence-electron chi connectivity index (χ0n) is 33.0. The van der Waals surface area contributed by atoms with Gasteiger partial charge in [0.2, 0.25) is 0 Å². The molecule has 0 aromatic heterocycles. The van der Waals surface area contributed by atoms with Gasteiger partial charge in [0.05, 0.1) is 41.9 Å². The minimum Gasteiger partial charge on any atom is -0.464 e. The summed E-state index contributed by atoms with van der Waals surface area (Å²) in [5, 5.41) is 0. The Bertz CT molecular complexity index is 1270. The first kappa shape index (κ1) is 53.8. The second-order valence-electron chi connectivity index (χ2n) is 11.6. The number of ether oxygens (including phenoxy) is 9. The maximum absolute atomic E-state index is 12.6. The predicted octanol–water partition coefficient (Wildman–Crippen LogP) is 2.81. The molecule has 0 fully saturated rings. The molecule has 0 amide bonds. The average Bonchev–Trinajstić information content (AvgIpc) is 3.21. The summed E-state index contributed by atoms with van der Waals surface area (Å²) in [6.07, 6.45) is 3.13. The van der Waals surface area contributed by atoms with Crippen molar-refractivity contribution in [2.45, 2.75) is 52.4 Å². The van der Waals surface area contributed by atoms with Crippen LogP contribution in [0.1, 0.15) is 52.4 Å². The van der Waals surface area contributed by atoms with Crippen LogP contribution in [0, 0.1) is 5.41 Å². The molecule has 0 heterocycles. The normalized spacial score (nSPS) is 10.6. The Morgan fingerprint density at radius 2 is 0.724 bits per heavy atom. The van der Waals surface area contributed by atoms with E-state index < -0.39 is 53.2 Å². The Labute approximate surface area is 350 Å². The zero-order chi connectivity index (χ0) is 43.4. The van der Waals surface area contributed by atoms with Crippen LogP contribution in [0.4, 0.5) is 0 Å². The van der Waals surface area contributed by atoms with E-state index in [1.807, 2.05) is 6.92 Å². The summed E-state index contributed by atoms with van der Waals surface area (Å²) in [7, 11) is 0. The van der Waals surface area contributed by atoms with E-state index in [4.69, 9.17) is 42.6 Å². The van der Waals surface area contributed by atoms with Crippen molar-refractivity contribution in [3.63, 3.8) is 0 Å². The summed E-state index contributed by atoms with van der Waals surface area (Å²) in [4.78, 5) is 107. The second kappa shape index (κ2) is 34.8. The molecular weight excluding hydrogens is 829 g/mol. The largest absolute Gasteiger partial charge is 0.464 e. The van der Waals surface area contributed by atoms with Crippen molar-refractivity contribution < 1.29 is 85.8 Å². The molecule has 328 valence electrons. The van der Waals surface area contributed by atoms with Gasteiger partial charge in [0.1, 0.15) is 59.5 Å². The van der Waals surface area contributed by atoms with Gasteiger partial charge in [0.15, 0.2) is 0 Å². The molecule has 58 heavy (non-hydrogen) atoms. The van der Waals surface area contributed by atoms with E-state index >= 15 is 0 Å². The van der Waals surface area contributed by atoms with Gasteiger partial charge < -0.3 is 42.6 Å². The van der Waals surface area contributed by atoms with Crippen molar-refractivity contribution in [2.24, 2.45) is 5.41 Å². The zero-order valence-corrected chi connectivity index (χ0v) is 35.4. The fraction of sp³-hybridized carbons (Fsp3) is 0.649.